The van der Waals surface area contributed by atoms with Crippen molar-refractivity contribution in [1.29, 1.82) is 5.26 Å². The second-order valence-corrected chi connectivity index (χ2v) is 2.72. The van der Waals surface area contributed by atoms with Crippen molar-refractivity contribution >= 4 is 5.97 Å². The number of carboxylic acid groups (broad SMARTS) is 1. The first-order valence-corrected chi connectivity index (χ1v) is 3.96. The van der Waals surface area contributed by atoms with Gasteiger partial charge in [0.25, 0.3) is 0 Å². The van der Waals surface area contributed by atoms with E-state index in [1.807, 2.05) is 13.8 Å². The zero-order valence-corrected chi connectivity index (χ0v) is 7.37. The van der Waals surface area contributed by atoms with Crippen LogP contribution in [-0.4, -0.2) is 11.1 Å². The molecule has 0 fully saturated rings. The summed E-state index contributed by atoms with van der Waals surface area (Å²) in [6, 6.07) is 1.75. The third kappa shape index (κ3) is 3.20. The summed E-state index contributed by atoms with van der Waals surface area (Å²) in [7, 11) is 0. The maximum atomic E-state index is 10.6. The fourth-order valence-corrected chi connectivity index (χ4v) is 1.07. The molecule has 0 saturated carbocycles. The minimum absolute atomic E-state index is 0.0350. The maximum absolute atomic E-state index is 10.6. The lowest BCUT2D eigenvalue weighted by atomic mass is 9.96. The van der Waals surface area contributed by atoms with E-state index < -0.39 is 5.97 Å². The van der Waals surface area contributed by atoms with Gasteiger partial charge < -0.3 is 5.11 Å². The first-order valence-electron chi connectivity index (χ1n) is 3.96. The number of hydrogen-bond acceptors (Lipinski definition) is 2. The van der Waals surface area contributed by atoms with Crippen molar-refractivity contribution in [1.82, 2.24) is 0 Å². The monoisotopic (exact) mass is 167 g/mol. The Labute approximate surface area is 72.3 Å². The van der Waals surface area contributed by atoms with Gasteiger partial charge in [-0.05, 0) is 12.3 Å². The zero-order chi connectivity index (χ0) is 9.56. The van der Waals surface area contributed by atoms with Crippen molar-refractivity contribution < 1.29 is 9.90 Å². The zero-order valence-electron chi connectivity index (χ0n) is 7.37. The highest BCUT2D eigenvalue weighted by Gasteiger charge is 2.14. The molecule has 0 aliphatic carbocycles. The van der Waals surface area contributed by atoms with E-state index in [4.69, 9.17) is 10.4 Å². The van der Waals surface area contributed by atoms with Crippen LogP contribution < -0.4 is 0 Å². The molecular weight excluding hydrogens is 154 g/mol. The molecule has 0 saturated heterocycles. The smallest absolute Gasteiger partial charge is 0.332 e. The largest absolute Gasteiger partial charge is 0.478 e. The quantitative estimate of drug-likeness (QED) is 0.514. The summed E-state index contributed by atoms with van der Waals surface area (Å²) >= 11 is 0. The highest BCUT2D eigenvalue weighted by Crippen LogP contribution is 2.15. The first kappa shape index (κ1) is 10.7. The number of rotatable bonds is 4. The molecule has 3 nitrogen and oxygen atoms in total. The molecule has 1 N–H and O–H groups in total. The Kier molecular flexibility index (Phi) is 4.78. The minimum atomic E-state index is -0.988. The van der Waals surface area contributed by atoms with Gasteiger partial charge in [0, 0.05) is 6.08 Å². The summed E-state index contributed by atoms with van der Waals surface area (Å²) in [6.07, 6.45) is 2.85. The van der Waals surface area contributed by atoms with E-state index in [1.54, 1.807) is 6.07 Å². The Hall–Kier alpha value is -1.30. The number of aliphatic carboxylic acids is 1. The van der Waals surface area contributed by atoms with Gasteiger partial charge in [0.05, 0.1) is 11.6 Å². The Morgan fingerprint density at radius 3 is 2.67 bits per heavy atom. The molecule has 0 bridgehead atoms. The molecule has 1 unspecified atom stereocenters. The van der Waals surface area contributed by atoms with Gasteiger partial charge in [0.1, 0.15) is 0 Å². The van der Waals surface area contributed by atoms with Gasteiger partial charge >= 0.3 is 5.97 Å². The van der Waals surface area contributed by atoms with Crippen LogP contribution in [0.3, 0.4) is 0 Å². The molecule has 3 heteroatoms. The summed E-state index contributed by atoms with van der Waals surface area (Å²) in [5, 5.41) is 17.0. The molecule has 0 heterocycles. The fourth-order valence-electron chi connectivity index (χ4n) is 1.07. The van der Waals surface area contributed by atoms with Crippen LogP contribution in [0.15, 0.2) is 11.6 Å². The highest BCUT2D eigenvalue weighted by atomic mass is 16.4. The van der Waals surface area contributed by atoms with E-state index in [-0.39, 0.29) is 11.5 Å². The molecule has 0 rings (SSSR count). The molecule has 12 heavy (non-hydrogen) atoms. The third-order valence-electron chi connectivity index (χ3n) is 1.72. The average Bonchev–Trinajstić information content (AvgIpc) is 1.99. The fraction of sp³-hybridized carbons (Fsp3) is 0.556. The van der Waals surface area contributed by atoms with Crippen molar-refractivity contribution in [3.05, 3.63) is 11.6 Å². The number of nitriles is 1. The predicted octanol–water partition coefficient (Wildman–Crippen LogP) is 1.96. The molecule has 0 aromatic heterocycles. The van der Waals surface area contributed by atoms with Crippen LogP contribution in [-0.2, 0) is 4.79 Å². The lowest BCUT2D eigenvalue weighted by molar-refractivity contribution is -0.133. The number of allylic oxidation sites excluding steroid dienone is 1. The summed E-state index contributed by atoms with van der Waals surface area (Å²) in [6.45, 7) is 3.81. The van der Waals surface area contributed by atoms with E-state index in [9.17, 15) is 4.79 Å². The minimum Gasteiger partial charge on any atom is -0.478 e. The maximum Gasteiger partial charge on any atom is 0.332 e. The van der Waals surface area contributed by atoms with Gasteiger partial charge in [-0.25, -0.2) is 4.79 Å². The topological polar surface area (TPSA) is 61.1 Å². The van der Waals surface area contributed by atoms with Crippen molar-refractivity contribution in [2.75, 3.05) is 0 Å². The highest BCUT2D eigenvalue weighted by molar-refractivity contribution is 5.87. The number of nitrogens with zero attached hydrogens (tertiary/aromatic N) is 1. The van der Waals surface area contributed by atoms with Gasteiger partial charge in [-0.15, -0.1) is 0 Å². The summed E-state index contributed by atoms with van der Waals surface area (Å²) in [5.74, 6) is -1.02. The van der Waals surface area contributed by atoms with Crippen molar-refractivity contribution in [3.8, 4) is 6.07 Å². The Morgan fingerprint density at radius 1 is 1.75 bits per heavy atom. The predicted molar refractivity (Wildman–Crippen MR) is 45.4 cm³/mol. The van der Waals surface area contributed by atoms with Crippen molar-refractivity contribution in [3.63, 3.8) is 0 Å². The molecule has 0 aliphatic rings. The van der Waals surface area contributed by atoms with Crippen molar-refractivity contribution in [2.45, 2.75) is 26.7 Å². The molecule has 0 amide bonds. The van der Waals surface area contributed by atoms with E-state index in [0.717, 1.165) is 18.9 Å². The SMILES string of the molecule is CCCC(C)C(=CC#N)C(=O)O. The third-order valence-corrected chi connectivity index (χ3v) is 1.72. The van der Waals surface area contributed by atoms with Gasteiger partial charge in [-0.3, -0.25) is 0 Å². The number of hydrogen-bond donors (Lipinski definition) is 1. The molecule has 66 valence electrons. The van der Waals surface area contributed by atoms with Crippen LogP contribution in [0.1, 0.15) is 26.7 Å². The van der Waals surface area contributed by atoms with Gasteiger partial charge in [0.2, 0.25) is 0 Å². The van der Waals surface area contributed by atoms with Gasteiger partial charge in [0.15, 0.2) is 0 Å². The Balaban J connectivity index is 4.43. The van der Waals surface area contributed by atoms with Crippen LogP contribution >= 0.6 is 0 Å². The first-order chi connectivity index (χ1) is 5.63. The van der Waals surface area contributed by atoms with Crippen molar-refractivity contribution in [2.24, 2.45) is 5.92 Å². The lowest BCUT2D eigenvalue weighted by Gasteiger charge is -2.08. The van der Waals surface area contributed by atoms with Crippen LogP contribution in [0.4, 0.5) is 0 Å². The summed E-state index contributed by atoms with van der Waals surface area (Å²) in [4.78, 5) is 10.6. The van der Waals surface area contributed by atoms with E-state index in [1.165, 1.54) is 0 Å². The Bertz CT molecular complexity index is 225. The van der Waals surface area contributed by atoms with Crippen LogP contribution in [0.2, 0.25) is 0 Å². The van der Waals surface area contributed by atoms with Crippen LogP contribution in [0.25, 0.3) is 0 Å². The van der Waals surface area contributed by atoms with Crippen LogP contribution in [0, 0.1) is 17.2 Å². The second-order valence-electron chi connectivity index (χ2n) is 2.72. The molecule has 0 aromatic carbocycles. The molecule has 0 aromatic rings. The summed E-state index contributed by atoms with van der Waals surface area (Å²) < 4.78 is 0. The lowest BCUT2D eigenvalue weighted by Crippen LogP contribution is -2.09. The summed E-state index contributed by atoms with van der Waals surface area (Å²) in [5.41, 5.74) is 0.208. The standard InChI is InChI=1S/C9H13NO2/c1-3-4-7(2)8(5-6-10)9(11)12/h5,7H,3-4H2,1-2H3,(H,11,12). The van der Waals surface area contributed by atoms with E-state index in [2.05, 4.69) is 0 Å². The normalized spacial score (nSPS) is 13.6. The second kappa shape index (κ2) is 5.36. The van der Waals surface area contributed by atoms with Crippen LogP contribution in [0.5, 0.6) is 0 Å². The molecule has 0 aliphatic heterocycles. The van der Waals surface area contributed by atoms with Gasteiger partial charge in [-0.1, -0.05) is 20.3 Å². The van der Waals surface area contributed by atoms with E-state index >= 15 is 0 Å². The Morgan fingerprint density at radius 2 is 2.33 bits per heavy atom. The molecule has 0 spiro atoms. The molecular formula is C9H13NO2. The van der Waals surface area contributed by atoms with Gasteiger partial charge in [-0.2, -0.15) is 5.26 Å². The average molecular weight is 167 g/mol. The number of carbonyl (C=O) groups is 1. The molecule has 1 atom stereocenters. The van der Waals surface area contributed by atoms with E-state index in [0.29, 0.717) is 0 Å². The molecule has 0 radical (unpaired) electrons. The number of carboxylic acids is 1.